The number of imidazole rings is 1. The van der Waals surface area contributed by atoms with Gasteiger partial charge in [-0.3, -0.25) is 4.57 Å². The zero-order valence-electron chi connectivity index (χ0n) is 14.4. The van der Waals surface area contributed by atoms with Crippen molar-refractivity contribution in [2.75, 3.05) is 11.9 Å². The molecule has 1 aromatic carbocycles. The van der Waals surface area contributed by atoms with Crippen molar-refractivity contribution < 1.29 is 20.1 Å². The Morgan fingerprint density at radius 1 is 1.14 bits per heavy atom. The monoisotopic (exact) mass is 425 g/mol. The number of halogens is 2. The molecule has 3 heterocycles. The van der Waals surface area contributed by atoms with Crippen LogP contribution >= 0.6 is 23.2 Å². The van der Waals surface area contributed by atoms with Crippen molar-refractivity contribution in [3.63, 3.8) is 0 Å². The van der Waals surface area contributed by atoms with Crippen LogP contribution in [0.5, 0.6) is 0 Å². The smallest absolute Gasteiger partial charge is 0.226 e. The Balaban J connectivity index is 1.66. The van der Waals surface area contributed by atoms with Crippen molar-refractivity contribution in [3.8, 4) is 0 Å². The minimum Gasteiger partial charge on any atom is -0.394 e. The van der Waals surface area contributed by atoms with Gasteiger partial charge in [-0.2, -0.15) is 9.97 Å². The fraction of sp³-hybridized carbons (Fsp3) is 0.353. The molecular weight excluding hydrogens is 409 g/mol. The molecule has 4 atom stereocenters. The number of rotatable bonds is 5. The summed E-state index contributed by atoms with van der Waals surface area (Å²) in [7, 11) is 0. The first-order valence-electron chi connectivity index (χ1n) is 8.49. The average molecular weight is 426 g/mol. The first-order chi connectivity index (χ1) is 13.5. The summed E-state index contributed by atoms with van der Waals surface area (Å²) < 4.78 is 7.00. The molecule has 1 saturated heterocycles. The number of benzene rings is 1. The SMILES string of the molecule is OC[C@H]1O[C@@H](n2cnc3c(NCc4ccccc4Cl)nc(Cl)nc32)[C@H](O)[C@@H]1O. The molecule has 11 heteroatoms. The van der Waals surface area contributed by atoms with E-state index in [0.29, 0.717) is 28.5 Å². The third-order valence-corrected chi connectivity index (χ3v) is 5.13. The van der Waals surface area contributed by atoms with Gasteiger partial charge in [-0.05, 0) is 23.2 Å². The van der Waals surface area contributed by atoms with E-state index in [1.165, 1.54) is 10.9 Å². The molecule has 0 bridgehead atoms. The fourth-order valence-corrected chi connectivity index (χ4v) is 3.50. The zero-order valence-corrected chi connectivity index (χ0v) is 15.9. The number of aliphatic hydroxyl groups is 3. The molecular formula is C17H17Cl2N5O4. The molecule has 1 fully saturated rings. The van der Waals surface area contributed by atoms with Gasteiger partial charge in [0.15, 0.2) is 23.2 Å². The molecule has 9 nitrogen and oxygen atoms in total. The number of aromatic nitrogens is 4. The third-order valence-electron chi connectivity index (χ3n) is 4.59. The normalized spacial score (nSPS) is 24.8. The van der Waals surface area contributed by atoms with E-state index in [0.717, 1.165) is 5.56 Å². The molecule has 2 aromatic heterocycles. The van der Waals surface area contributed by atoms with E-state index in [-0.39, 0.29) is 5.28 Å². The van der Waals surface area contributed by atoms with Crippen molar-refractivity contribution in [3.05, 3.63) is 46.5 Å². The van der Waals surface area contributed by atoms with E-state index in [1.807, 2.05) is 18.2 Å². The summed E-state index contributed by atoms with van der Waals surface area (Å²) in [6, 6.07) is 7.39. The van der Waals surface area contributed by atoms with Gasteiger partial charge in [0, 0.05) is 11.6 Å². The lowest BCUT2D eigenvalue weighted by atomic mass is 10.1. The lowest BCUT2D eigenvalue weighted by molar-refractivity contribution is -0.0511. The maximum atomic E-state index is 10.3. The molecule has 4 rings (SSSR count). The highest BCUT2D eigenvalue weighted by Gasteiger charge is 2.44. The molecule has 3 aromatic rings. The van der Waals surface area contributed by atoms with E-state index < -0.39 is 31.1 Å². The van der Waals surface area contributed by atoms with Crippen LogP contribution in [0.15, 0.2) is 30.6 Å². The van der Waals surface area contributed by atoms with Crippen LogP contribution in [0.25, 0.3) is 11.2 Å². The molecule has 0 radical (unpaired) electrons. The summed E-state index contributed by atoms with van der Waals surface area (Å²) >= 11 is 12.3. The molecule has 0 saturated carbocycles. The zero-order chi connectivity index (χ0) is 19.8. The van der Waals surface area contributed by atoms with Crippen molar-refractivity contribution >= 4 is 40.2 Å². The first kappa shape index (κ1) is 19.3. The van der Waals surface area contributed by atoms with Gasteiger partial charge in [-0.25, -0.2) is 4.98 Å². The van der Waals surface area contributed by atoms with Crippen molar-refractivity contribution in [1.29, 1.82) is 0 Å². The average Bonchev–Trinajstić information content (AvgIpc) is 3.22. The predicted octanol–water partition coefficient (Wildman–Crippen LogP) is 1.36. The van der Waals surface area contributed by atoms with Crippen LogP contribution in [-0.4, -0.2) is 59.8 Å². The second kappa shape index (κ2) is 7.78. The standard InChI is InChI=1S/C17H17Cl2N5O4/c18-9-4-2-1-3-8(9)5-20-14-11-15(23-17(19)22-14)24(7-21-11)16-13(27)12(26)10(6-25)28-16/h1-4,7,10,12-13,16,25-27H,5-6H2,(H,20,22,23)/t10-,12-,13-,16-/m1/s1. The van der Waals surface area contributed by atoms with Crippen LogP contribution in [0.4, 0.5) is 5.82 Å². The minimum absolute atomic E-state index is 0.0253. The minimum atomic E-state index is -1.26. The van der Waals surface area contributed by atoms with Crippen LogP contribution in [0.1, 0.15) is 11.8 Å². The topological polar surface area (TPSA) is 126 Å². The molecule has 0 aliphatic carbocycles. The summed E-state index contributed by atoms with van der Waals surface area (Å²) in [6.45, 7) is -0.0371. The predicted molar refractivity (Wildman–Crippen MR) is 102 cm³/mol. The molecule has 1 aliphatic rings. The van der Waals surface area contributed by atoms with Gasteiger partial charge < -0.3 is 25.4 Å². The number of nitrogens with zero attached hydrogens (tertiary/aromatic N) is 4. The maximum absolute atomic E-state index is 10.3. The number of anilines is 1. The molecule has 28 heavy (non-hydrogen) atoms. The number of fused-ring (bicyclic) bond motifs is 1. The highest BCUT2D eigenvalue weighted by atomic mass is 35.5. The van der Waals surface area contributed by atoms with E-state index in [1.54, 1.807) is 6.07 Å². The second-order valence-corrected chi connectivity index (χ2v) is 7.08. The Bertz CT molecular complexity index is 1000. The highest BCUT2D eigenvalue weighted by Crippen LogP contribution is 2.32. The van der Waals surface area contributed by atoms with Gasteiger partial charge in [0.25, 0.3) is 0 Å². The van der Waals surface area contributed by atoms with Crippen LogP contribution < -0.4 is 5.32 Å². The molecule has 0 spiro atoms. The van der Waals surface area contributed by atoms with Gasteiger partial charge in [-0.1, -0.05) is 29.8 Å². The van der Waals surface area contributed by atoms with Crippen LogP contribution in [-0.2, 0) is 11.3 Å². The van der Waals surface area contributed by atoms with E-state index in [4.69, 9.17) is 27.9 Å². The lowest BCUT2D eigenvalue weighted by Gasteiger charge is -2.16. The Morgan fingerprint density at radius 3 is 2.64 bits per heavy atom. The number of hydrogen-bond acceptors (Lipinski definition) is 8. The number of hydrogen-bond donors (Lipinski definition) is 4. The summed E-state index contributed by atoms with van der Waals surface area (Å²) in [5.74, 6) is 0.389. The van der Waals surface area contributed by atoms with Gasteiger partial charge in [0.2, 0.25) is 5.28 Å². The molecule has 4 N–H and O–H groups in total. The highest BCUT2D eigenvalue weighted by molar-refractivity contribution is 6.31. The second-order valence-electron chi connectivity index (χ2n) is 6.34. The summed E-state index contributed by atoms with van der Waals surface area (Å²) in [5.41, 5.74) is 1.60. The maximum Gasteiger partial charge on any atom is 0.226 e. The number of nitrogens with one attached hydrogen (secondary N) is 1. The Labute approximate surface area is 169 Å². The first-order valence-corrected chi connectivity index (χ1v) is 9.25. The van der Waals surface area contributed by atoms with E-state index >= 15 is 0 Å². The fourth-order valence-electron chi connectivity index (χ4n) is 3.13. The lowest BCUT2D eigenvalue weighted by Crippen LogP contribution is -2.33. The molecule has 1 aliphatic heterocycles. The third kappa shape index (κ3) is 3.41. The van der Waals surface area contributed by atoms with Gasteiger partial charge in [0.05, 0.1) is 12.9 Å². The van der Waals surface area contributed by atoms with Crippen LogP contribution in [0, 0.1) is 0 Å². The van der Waals surface area contributed by atoms with Gasteiger partial charge in [0.1, 0.15) is 18.3 Å². The van der Waals surface area contributed by atoms with E-state index in [2.05, 4.69) is 20.3 Å². The van der Waals surface area contributed by atoms with Crippen molar-refractivity contribution in [2.45, 2.75) is 31.1 Å². The number of aliphatic hydroxyl groups excluding tert-OH is 3. The van der Waals surface area contributed by atoms with E-state index in [9.17, 15) is 15.3 Å². The molecule has 0 amide bonds. The molecule has 0 unspecified atom stereocenters. The largest absolute Gasteiger partial charge is 0.394 e. The summed E-state index contributed by atoms with van der Waals surface area (Å²) in [6.07, 6.45) is -2.96. The van der Waals surface area contributed by atoms with Gasteiger partial charge >= 0.3 is 0 Å². The van der Waals surface area contributed by atoms with Crippen molar-refractivity contribution in [1.82, 2.24) is 19.5 Å². The quantitative estimate of drug-likeness (QED) is 0.451. The summed E-state index contributed by atoms with van der Waals surface area (Å²) in [5, 5.41) is 33.3. The Hall–Kier alpha value is -2.01. The van der Waals surface area contributed by atoms with Gasteiger partial charge in [-0.15, -0.1) is 0 Å². The van der Waals surface area contributed by atoms with Crippen LogP contribution in [0.2, 0.25) is 10.3 Å². The Kier molecular flexibility index (Phi) is 5.37. The number of ether oxygens (including phenoxy) is 1. The Morgan fingerprint density at radius 2 is 1.93 bits per heavy atom. The van der Waals surface area contributed by atoms with Crippen LogP contribution in [0.3, 0.4) is 0 Å². The van der Waals surface area contributed by atoms with Crippen molar-refractivity contribution in [2.24, 2.45) is 0 Å². The summed E-state index contributed by atoms with van der Waals surface area (Å²) in [4.78, 5) is 12.7. The molecule has 148 valence electrons.